The summed E-state index contributed by atoms with van der Waals surface area (Å²) in [5.41, 5.74) is 0.514. The summed E-state index contributed by atoms with van der Waals surface area (Å²) in [6, 6.07) is 4.33. The van der Waals surface area contributed by atoms with E-state index in [0.29, 0.717) is 5.41 Å². The summed E-state index contributed by atoms with van der Waals surface area (Å²) in [6.45, 7) is 4.69. The molecule has 0 saturated carbocycles. The zero-order chi connectivity index (χ0) is 12.0. The second-order valence-corrected chi connectivity index (χ2v) is 6.51. The molecule has 4 heteroatoms. The van der Waals surface area contributed by atoms with E-state index in [9.17, 15) is 0 Å². The molecule has 2 aliphatic rings. The van der Waals surface area contributed by atoms with Crippen LogP contribution < -0.4 is 10.2 Å². The van der Waals surface area contributed by atoms with E-state index < -0.39 is 0 Å². The zero-order valence-electron chi connectivity index (χ0n) is 10.4. The maximum atomic E-state index is 4.63. The van der Waals surface area contributed by atoms with Crippen LogP contribution >= 0.6 is 11.3 Å². The van der Waals surface area contributed by atoms with Crippen LogP contribution in [0.1, 0.15) is 12.8 Å². The molecule has 3 nitrogen and oxygen atoms in total. The maximum absolute atomic E-state index is 4.63. The molecule has 0 radical (unpaired) electrons. The number of thiophene rings is 1. The van der Waals surface area contributed by atoms with Crippen molar-refractivity contribution in [2.45, 2.75) is 12.8 Å². The van der Waals surface area contributed by atoms with Crippen LogP contribution in [-0.4, -0.2) is 31.2 Å². The van der Waals surface area contributed by atoms with Crippen molar-refractivity contribution >= 4 is 27.2 Å². The number of nitrogens with one attached hydrogen (secondary N) is 1. The minimum atomic E-state index is 0.514. The summed E-state index contributed by atoms with van der Waals surface area (Å²) in [6.07, 6.45) is 4.58. The van der Waals surface area contributed by atoms with Gasteiger partial charge in [-0.2, -0.15) is 0 Å². The molecule has 94 valence electrons. The highest BCUT2D eigenvalue weighted by molar-refractivity contribution is 7.17. The Morgan fingerprint density at radius 2 is 2.33 bits per heavy atom. The Kier molecular flexibility index (Phi) is 2.35. The van der Waals surface area contributed by atoms with Gasteiger partial charge in [0.25, 0.3) is 0 Å². The third-order valence-electron chi connectivity index (χ3n) is 4.43. The molecule has 0 amide bonds. The lowest BCUT2D eigenvalue weighted by atomic mass is 9.87. The quantitative estimate of drug-likeness (QED) is 0.853. The van der Waals surface area contributed by atoms with Gasteiger partial charge in [0.2, 0.25) is 0 Å². The van der Waals surface area contributed by atoms with Crippen LogP contribution in [0.4, 0.5) is 5.82 Å². The van der Waals surface area contributed by atoms with Crippen molar-refractivity contribution in [1.82, 2.24) is 10.3 Å². The topological polar surface area (TPSA) is 28.2 Å². The van der Waals surface area contributed by atoms with Crippen molar-refractivity contribution < 1.29 is 0 Å². The molecule has 1 N–H and O–H groups in total. The van der Waals surface area contributed by atoms with E-state index in [1.165, 1.54) is 48.4 Å². The summed E-state index contributed by atoms with van der Waals surface area (Å²) < 4.78 is 1.35. The Bertz CT molecular complexity index is 571. The van der Waals surface area contributed by atoms with Crippen LogP contribution in [0, 0.1) is 5.41 Å². The van der Waals surface area contributed by atoms with Crippen molar-refractivity contribution in [3.05, 3.63) is 23.7 Å². The molecule has 0 aromatic carbocycles. The van der Waals surface area contributed by atoms with Crippen molar-refractivity contribution in [1.29, 1.82) is 0 Å². The number of hydrogen-bond acceptors (Lipinski definition) is 4. The summed E-state index contributed by atoms with van der Waals surface area (Å²) in [4.78, 5) is 7.12. The molecule has 2 aromatic rings. The highest BCUT2D eigenvalue weighted by atomic mass is 32.1. The third kappa shape index (κ3) is 1.56. The van der Waals surface area contributed by atoms with Crippen LogP contribution in [0.25, 0.3) is 10.1 Å². The van der Waals surface area contributed by atoms with Gasteiger partial charge in [-0.15, -0.1) is 11.3 Å². The Labute approximate surface area is 111 Å². The van der Waals surface area contributed by atoms with E-state index >= 15 is 0 Å². The number of fused-ring (bicyclic) bond motifs is 1. The van der Waals surface area contributed by atoms with Crippen LogP contribution in [-0.2, 0) is 0 Å². The average molecular weight is 259 g/mol. The smallest absolute Gasteiger partial charge is 0.137 e. The van der Waals surface area contributed by atoms with Gasteiger partial charge < -0.3 is 10.2 Å². The van der Waals surface area contributed by atoms with Crippen molar-refractivity contribution in [3.63, 3.8) is 0 Å². The molecule has 18 heavy (non-hydrogen) atoms. The van der Waals surface area contributed by atoms with Crippen LogP contribution in [0.2, 0.25) is 0 Å². The van der Waals surface area contributed by atoms with Crippen LogP contribution in [0.3, 0.4) is 0 Å². The lowest BCUT2D eigenvalue weighted by molar-refractivity contribution is 0.369. The number of rotatable bonds is 1. The molecular weight excluding hydrogens is 242 g/mol. The molecule has 1 atom stereocenters. The highest BCUT2D eigenvalue weighted by Crippen LogP contribution is 2.39. The first-order chi connectivity index (χ1) is 8.86. The van der Waals surface area contributed by atoms with E-state index in [1.54, 1.807) is 11.3 Å². The second kappa shape index (κ2) is 3.93. The van der Waals surface area contributed by atoms with Crippen molar-refractivity contribution in [3.8, 4) is 0 Å². The molecular formula is C14H17N3S. The van der Waals surface area contributed by atoms with Gasteiger partial charge >= 0.3 is 0 Å². The Balaban J connectivity index is 1.70. The van der Waals surface area contributed by atoms with Crippen LogP contribution in [0.15, 0.2) is 23.7 Å². The van der Waals surface area contributed by atoms with Gasteiger partial charge in [0.05, 0.1) is 0 Å². The van der Waals surface area contributed by atoms with E-state index in [1.807, 2.05) is 6.20 Å². The molecule has 4 heterocycles. The van der Waals surface area contributed by atoms with Gasteiger partial charge in [0.1, 0.15) is 5.82 Å². The average Bonchev–Trinajstić information content (AvgIpc) is 3.11. The lowest BCUT2D eigenvalue weighted by Gasteiger charge is -2.23. The first-order valence-corrected chi connectivity index (χ1v) is 7.52. The molecule has 0 bridgehead atoms. The number of aromatic nitrogens is 1. The van der Waals surface area contributed by atoms with Crippen molar-refractivity contribution in [2.24, 2.45) is 5.41 Å². The molecule has 1 unspecified atom stereocenters. The lowest BCUT2D eigenvalue weighted by Crippen LogP contribution is -2.29. The SMILES string of the molecule is c1cc2sccc2c(N2CCC3(CCNC3)C2)n1. The number of hydrogen-bond donors (Lipinski definition) is 1. The summed E-state index contributed by atoms with van der Waals surface area (Å²) in [7, 11) is 0. The van der Waals surface area contributed by atoms with Crippen molar-refractivity contribution in [2.75, 3.05) is 31.1 Å². The van der Waals surface area contributed by atoms with E-state index in [2.05, 4.69) is 32.7 Å². The molecule has 1 spiro atoms. The normalized spacial score (nSPS) is 27.7. The van der Waals surface area contributed by atoms with E-state index in [0.717, 1.165) is 6.54 Å². The number of pyridine rings is 1. The monoisotopic (exact) mass is 259 g/mol. The fourth-order valence-electron chi connectivity index (χ4n) is 3.39. The van der Waals surface area contributed by atoms with Gasteiger partial charge in [0.15, 0.2) is 0 Å². The largest absolute Gasteiger partial charge is 0.355 e. The third-order valence-corrected chi connectivity index (χ3v) is 5.31. The van der Waals surface area contributed by atoms with E-state index in [-0.39, 0.29) is 0 Å². The van der Waals surface area contributed by atoms with Gasteiger partial charge in [-0.25, -0.2) is 4.98 Å². The highest BCUT2D eigenvalue weighted by Gasteiger charge is 2.40. The Hall–Kier alpha value is -1.13. The fourth-order valence-corrected chi connectivity index (χ4v) is 4.17. The first-order valence-electron chi connectivity index (χ1n) is 6.64. The summed E-state index contributed by atoms with van der Waals surface area (Å²) >= 11 is 1.81. The molecule has 2 aliphatic heterocycles. The molecule has 2 aromatic heterocycles. The predicted molar refractivity (Wildman–Crippen MR) is 76.4 cm³/mol. The molecule has 4 rings (SSSR count). The minimum Gasteiger partial charge on any atom is -0.355 e. The van der Waals surface area contributed by atoms with Gasteiger partial charge in [-0.05, 0) is 36.9 Å². The summed E-state index contributed by atoms with van der Waals surface area (Å²) in [5.74, 6) is 1.19. The Morgan fingerprint density at radius 1 is 1.33 bits per heavy atom. The van der Waals surface area contributed by atoms with Gasteiger partial charge in [-0.3, -0.25) is 0 Å². The standard InChI is InChI=1S/C14H17N3S/c1-5-16-13(11-2-8-18-12(1)11)17-7-4-14(10-17)3-6-15-9-14/h1-2,5,8,15H,3-4,6-7,9-10H2. The second-order valence-electron chi connectivity index (χ2n) is 5.57. The zero-order valence-corrected chi connectivity index (χ0v) is 11.2. The predicted octanol–water partition coefficient (Wildman–Crippen LogP) is 2.49. The number of nitrogens with zero attached hydrogens (tertiary/aromatic N) is 2. The Morgan fingerprint density at radius 3 is 3.22 bits per heavy atom. The summed E-state index contributed by atoms with van der Waals surface area (Å²) in [5, 5.41) is 7.00. The number of anilines is 1. The first kappa shape index (κ1) is 10.8. The van der Waals surface area contributed by atoms with Crippen LogP contribution in [0.5, 0.6) is 0 Å². The molecule has 0 aliphatic carbocycles. The fraction of sp³-hybridized carbons (Fsp3) is 0.500. The molecule has 2 fully saturated rings. The minimum absolute atomic E-state index is 0.514. The van der Waals surface area contributed by atoms with Gasteiger partial charge in [-0.1, -0.05) is 0 Å². The maximum Gasteiger partial charge on any atom is 0.137 e. The van der Waals surface area contributed by atoms with Gasteiger partial charge in [0, 0.05) is 41.3 Å². The molecule has 2 saturated heterocycles. The van der Waals surface area contributed by atoms with E-state index in [4.69, 9.17) is 0 Å².